The molecule has 2 N–H and O–H groups in total. The zero-order chi connectivity index (χ0) is 9.97. The molecule has 2 rings (SSSR count). The van der Waals surface area contributed by atoms with Crippen LogP contribution in [0, 0.1) is 0 Å². The van der Waals surface area contributed by atoms with Crippen molar-refractivity contribution in [3.63, 3.8) is 0 Å². The Morgan fingerprint density at radius 2 is 2.07 bits per heavy atom. The molecule has 0 aromatic rings. The Morgan fingerprint density at radius 3 is 2.57 bits per heavy atom. The summed E-state index contributed by atoms with van der Waals surface area (Å²) in [5.74, 6) is 0. The van der Waals surface area contributed by atoms with Gasteiger partial charge >= 0.3 is 6.03 Å². The summed E-state index contributed by atoms with van der Waals surface area (Å²) in [7, 11) is 0. The van der Waals surface area contributed by atoms with Crippen molar-refractivity contribution in [2.75, 3.05) is 13.1 Å². The zero-order valence-electron chi connectivity index (χ0n) is 8.07. The Balaban J connectivity index is 1.78. The second kappa shape index (κ2) is 3.86. The smallest absolute Gasteiger partial charge is 0.317 e. The number of rotatable bonds is 1. The van der Waals surface area contributed by atoms with Gasteiger partial charge < -0.3 is 15.4 Å². The molecular formula is C9H15N3O2. The molecule has 5 nitrogen and oxygen atoms in total. The van der Waals surface area contributed by atoms with Crippen molar-refractivity contribution in [1.29, 1.82) is 0 Å². The van der Waals surface area contributed by atoms with Gasteiger partial charge in [0.25, 0.3) is 0 Å². The minimum absolute atomic E-state index is 0.0319. The van der Waals surface area contributed by atoms with E-state index in [1.807, 2.05) is 0 Å². The topological polar surface area (TPSA) is 64.9 Å². The average Bonchev–Trinajstić information content (AvgIpc) is 3.02. The standard InChI is InChI=1S/C9H15N3O2/c13-9(10-7-1-2-7)12-5-3-8(11-14)4-6-12/h7,14H,1-6H2,(H,10,13). The minimum atomic E-state index is 0.0319. The summed E-state index contributed by atoms with van der Waals surface area (Å²) in [6, 6.07) is 0.444. The number of nitrogens with one attached hydrogen (secondary N) is 1. The van der Waals surface area contributed by atoms with Crippen LogP contribution in [0.15, 0.2) is 5.16 Å². The van der Waals surface area contributed by atoms with Crippen molar-refractivity contribution >= 4 is 11.7 Å². The first kappa shape index (κ1) is 9.30. The second-order valence-electron chi connectivity index (χ2n) is 3.88. The van der Waals surface area contributed by atoms with Crippen molar-refractivity contribution in [2.45, 2.75) is 31.7 Å². The van der Waals surface area contributed by atoms with Crippen LogP contribution in [-0.4, -0.2) is 41.0 Å². The van der Waals surface area contributed by atoms with E-state index >= 15 is 0 Å². The third-order valence-corrected chi connectivity index (χ3v) is 2.67. The van der Waals surface area contributed by atoms with Crippen molar-refractivity contribution < 1.29 is 10.0 Å². The van der Waals surface area contributed by atoms with Crippen molar-refractivity contribution in [3.8, 4) is 0 Å². The number of nitrogens with zero attached hydrogens (tertiary/aromatic N) is 2. The summed E-state index contributed by atoms with van der Waals surface area (Å²) in [6.07, 6.45) is 3.61. The highest BCUT2D eigenvalue weighted by molar-refractivity contribution is 5.86. The molecule has 1 heterocycles. The number of carbonyl (C=O) groups excluding carboxylic acids is 1. The Labute approximate surface area is 82.8 Å². The molecule has 2 aliphatic rings. The summed E-state index contributed by atoms with van der Waals surface area (Å²) in [5, 5.41) is 14.7. The Hall–Kier alpha value is -1.26. The number of urea groups is 1. The minimum Gasteiger partial charge on any atom is -0.411 e. The monoisotopic (exact) mass is 197 g/mol. The summed E-state index contributed by atoms with van der Waals surface area (Å²) < 4.78 is 0. The molecule has 0 spiro atoms. The Kier molecular flexibility index (Phi) is 2.56. The first-order valence-electron chi connectivity index (χ1n) is 5.05. The van der Waals surface area contributed by atoms with E-state index in [0.717, 1.165) is 18.6 Å². The van der Waals surface area contributed by atoms with Gasteiger partial charge in [-0.25, -0.2) is 4.79 Å². The lowest BCUT2D eigenvalue weighted by Gasteiger charge is -2.27. The highest BCUT2D eigenvalue weighted by Crippen LogP contribution is 2.19. The first-order chi connectivity index (χ1) is 6.79. The number of hydrogen-bond donors (Lipinski definition) is 2. The number of carbonyl (C=O) groups is 1. The molecular weight excluding hydrogens is 182 g/mol. The van der Waals surface area contributed by atoms with E-state index in [-0.39, 0.29) is 6.03 Å². The molecule has 1 aliphatic heterocycles. The number of likely N-dealkylation sites (tertiary alicyclic amines) is 1. The number of oxime groups is 1. The molecule has 0 atom stereocenters. The van der Waals surface area contributed by atoms with Crippen LogP contribution >= 0.6 is 0 Å². The normalized spacial score (nSPS) is 22.0. The summed E-state index contributed by atoms with van der Waals surface area (Å²) in [6.45, 7) is 1.33. The maximum atomic E-state index is 11.6. The Bertz CT molecular complexity index is 251. The lowest BCUT2D eigenvalue weighted by atomic mass is 10.1. The molecule has 1 saturated carbocycles. The van der Waals surface area contributed by atoms with Crippen LogP contribution in [0.25, 0.3) is 0 Å². The van der Waals surface area contributed by atoms with E-state index in [4.69, 9.17) is 5.21 Å². The van der Waals surface area contributed by atoms with E-state index in [1.165, 1.54) is 0 Å². The SMILES string of the molecule is O=C(NC1CC1)N1CCC(=NO)CC1. The van der Waals surface area contributed by atoms with Gasteiger partial charge in [-0.05, 0) is 12.8 Å². The van der Waals surface area contributed by atoms with Gasteiger partial charge in [-0.3, -0.25) is 0 Å². The van der Waals surface area contributed by atoms with Gasteiger partial charge in [0.15, 0.2) is 0 Å². The summed E-state index contributed by atoms with van der Waals surface area (Å²) >= 11 is 0. The largest absolute Gasteiger partial charge is 0.411 e. The molecule has 2 amide bonds. The quantitative estimate of drug-likeness (QED) is 0.482. The third-order valence-electron chi connectivity index (χ3n) is 2.67. The van der Waals surface area contributed by atoms with Crippen molar-refractivity contribution in [1.82, 2.24) is 10.2 Å². The van der Waals surface area contributed by atoms with Gasteiger partial charge in [0, 0.05) is 32.0 Å². The number of piperidine rings is 1. The zero-order valence-corrected chi connectivity index (χ0v) is 8.07. The maximum absolute atomic E-state index is 11.6. The van der Waals surface area contributed by atoms with E-state index < -0.39 is 0 Å². The van der Waals surface area contributed by atoms with Gasteiger partial charge in [-0.2, -0.15) is 0 Å². The van der Waals surface area contributed by atoms with Gasteiger partial charge in [-0.1, -0.05) is 5.16 Å². The maximum Gasteiger partial charge on any atom is 0.317 e. The predicted molar refractivity (Wildman–Crippen MR) is 51.6 cm³/mol. The lowest BCUT2D eigenvalue weighted by molar-refractivity contribution is 0.196. The molecule has 14 heavy (non-hydrogen) atoms. The third kappa shape index (κ3) is 2.16. The predicted octanol–water partition coefficient (Wildman–Crippen LogP) is 0.784. The van der Waals surface area contributed by atoms with Crippen molar-refractivity contribution in [3.05, 3.63) is 0 Å². The Morgan fingerprint density at radius 1 is 1.43 bits per heavy atom. The second-order valence-corrected chi connectivity index (χ2v) is 3.88. The fourth-order valence-electron chi connectivity index (χ4n) is 1.56. The molecule has 0 unspecified atom stereocenters. The van der Waals surface area contributed by atoms with Crippen LogP contribution in [0.1, 0.15) is 25.7 Å². The molecule has 0 bridgehead atoms. The average molecular weight is 197 g/mol. The van der Waals surface area contributed by atoms with E-state index in [1.54, 1.807) is 4.90 Å². The van der Waals surface area contributed by atoms with Crippen LogP contribution in [-0.2, 0) is 0 Å². The molecule has 0 aromatic carbocycles. The first-order valence-corrected chi connectivity index (χ1v) is 5.05. The van der Waals surface area contributed by atoms with Gasteiger partial charge in [0.2, 0.25) is 0 Å². The van der Waals surface area contributed by atoms with Gasteiger partial charge in [0.1, 0.15) is 0 Å². The van der Waals surface area contributed by atoms with Crippen molar-refractivity contribution in [2.24, 2.45) is 5.16 Å². The summed E-state index contributed by atoms with van der Waals surface area (Å²) in [4.78, 5) is 13.3. The van der Waals surface area contributed by atoms with Gasteiger partial charge in [-0.15, -0.1) is 0 Å². The fourth-order valence-corrected chi connectivity index (χ4v) is 1.56. The molecule has 0 aromatic heterocycles. The number of hydrogen-bond acceptors (Lipinski definition) is 3. The van der Waals surface area contributed by atoms with E-state index in [0.29, 0.717) is 32.0 Å². The molecule has 5 heteroatoms. The van der Waals surface area contributed by atoms with Gasteiger partial charge in [0.05, 0.1) is 5.71 Å². The van der Waals surface area contributed by atoms with Crippen LogP contribution < -0.4 is 5.32 Å². The lowest BCUT2D eigenvalue weighted by Crippen LogP contribution is -2.45. The van der Waals surface area contributed by atoms with Crippen LogP contribution in [0.4, 0.5) is 4.79 Å². The van der Waals surface area contributed by atoms with E-state index in [2.05, 4.69) is 10.5 Å². The van der Waals surface area contributed by atoms with Crippen LogP contribution in [0.5, 0.6) is 0 Å². The van der Waals surface area contributed by atoms with Crippen LogP contribution in [0.3, 0.4) is 0 Å². The van der Waals surface area contributed by atoms with Crippen LogP contribution in [0.2, 0.25) is 0 Å². The molecule has 0 radical (unpaired) electrons. The molecule has 78 valence electrons. The number of amides is 2. The summed E-state index contributed by atoms with van der Waals surface area (Å²) in [5.41, 5.74) is 0.792. The highest BCUT2D eigenvalue weighted by atomic mass is 16.4. The molecule has 1 aliphatic carbocycles. The fraction of sp³-hybridized carbons (Fsp3) is 0.778. The molecule has 2 fully saturated rings. The molecule has 1 saturated heterocycles. The van der Waals surface area contributed by atoms with E-state index in [9.17, 15) is 4.79 Å². The highest BCUT2D eigenvalue weighted by Gasteiger charge is 2.27.